The Morgan fingerprint density at radius 3 is 2.67 bits per heavy atom. The van der Waals surface area contributed by atoms with Crippen molar-refractivity contribution in [1.29, 1.82) is 0 Å². The summed E-state index contributed by atoms with van der Waals surface area (Å²) >= 11 is 6.50. The zero-order valence-electron chi connectivity index (χ0n) is 16.1. The first-order valence-corrected chi connectivity index (χ1v) is 10.2. The zero-order valence-corrected chi connectivity index (χ0v) is 16.8. The first-order chi connectivity index (χ1) is 14.6. The van der Waals surface area contributed by atoms with Gasteiger partial charge >= 0.3 is 0 Å². The quantitative estimate of drug-likeness (QED) is 0.640. The van der Waals surface area contributed by atoms with Crippen LogP contribution in [0.25, 0.3) is 0 Å². The number of nitrogens with one attached hydrogen (secondary N) is 2. The Morgan fingerprint density at radius 2 is 1.87 bits per heavy atom. The number of nitrogens with zero attached hydrogens (tertiary/aromatic N) is 2. The van der Waals surface area contributed by atoms with E-state index in [1.807, 2.05) is 48.5 Å². The number of halogens is 1. The third-order valence-electron chi connectivity index (χ3n) is 5.51. The number of amides is 1. The number of Topliss-reactive ketones (excluding diaryl/α,β-unsaturated/α-hetero) is 1. The van der Waals surface area contributed by atoms with Crippen LogP contribution in [0.5, 0.6) is 0 Å². The van der Waals surface area contributed by atoms with Gasteiger partial charge in [-0.05, 0) is 36.6 Å². The maximum atomic E-state index is 13.0. The third kappa shape index (κ3) is 3.09. The van der Waals surface area contributed by atoms with Gasteiger partial charge in [0.05, 0.1) is 6.20 Å². The minimum atomic E-state index is -0.462. The molecule has 0 saturated heterocycles. The molecule has 1 amide bonds. The van der Waals surface area contributed by atoms with Gasteiger partial charge in [-0.3, -0.25) is 9.59 Å². The zero-order chi connectivity index (χ0) is 20.7. The second-order valence-corrected chi connectivity index (χ2v) is 7.80. The number of hydrogen-bond acceptors (Lipinski definition) is 4. The van der Waals surface area contributed by atoms with Crippen molar-refractivity contribution in [3.63, 3.8) is 0 Å². The van der Waals surface area contributed by atoms with Gasteiger partial charge in [-0.25, -0.2) is 4.68 Å². The highest BCUT2D eigenvalue weighted by Gasteiger charge is 2.38. The Morgan fingerprint density at radius 1 is 1.10 bits per heavy atom. The number of benzene rings is 2. The van der Waals surface area contributed by atoms with Crippen molar-refractivity contribution < 1.29 is 9.59 Å². The Bertz CT molecular complexity index is 1180. The number of carbonyl (C=O) groups excluding carboxylic acids is 2. The van der Waals surface area contributed by atoms with E-state index in [4.69, 9.17) is 11.6 Å². The molecule has 0 bridgehead atoms. The fourth-order valence-electron chi connectivity index (χ4n) is 4.13. The molecule has 0 spiro atoms. The average molecular weight is 419 g/mol. The second-order valence-electron chi connectivity index (χ2n) is 7.39. The predicted octanol–water partition coefficient (Wildman–Crippen LogP) is 4.81. The van der Waals surface area contributed by atoms with E-state index < -0.39 is 6.04 Å². The van der Waals surface area contributed by atoms with Crippen LogP contribution >= 0.6 is 11.6 Å². The van der Waals surface area contributed by atoms with E-state index in [1.165, 1.54) is 6.20 Å². The highest BCUT2D eigenvalue weighted by molar-refractivity contribution is 6.31. The summed E-state index contributed by atoms with van der Waals surface area (Å²) in [5.41, 5.74) is 3.44. The number of rotatable bonds is 3. The van der Waals surface area contributed by atoms with E-state index in [-0.39, 0.29) is 11.7 Å². The Labute approximate surface area is 178 Å². The number of allylic oxidation sites excluding steroid dienone is 2. The molecule has 2 aliphatic rings. The summed E-state index contributed by atoms with van der Waals surface area (Å²) in [4.78, 5) is 25.8. The van der Waals surface area contributed by atoms with Crippen LogP contribution in [0.2, 0.25) is 5.02 Å². The van der Waals surface area contributed by atoms with Gasteiger partial charge in [0.2, 0.25) is 0 Å². The van der Waals surface area contributed by atoms with Crippen molar-refractivity contribution in [3.8, 4) is 0 Å². The van der Waals surface area contributed by atoms with E-state index in [0.29, 0.717) is 34.1 Å². The smallest absolute Gasteiger partial charge is 0.261 e. The van der Waals surface area contributed by atoms with E-state index in [9.17, 15) is 9.59 Å². The minimum absolute atomic E-state index is 0.0881. The normalized spacial score (nSPS) is 17.8. The standard InChI is InChI=1S/C23H19ClN4O2/c24-17-10-5-4-9-15(17)21-20-18(11-6-12-19(20)29)27-22-16(13-25-28(21)22)23(30)26-14-7-2-1-3-8-14/h1-5,7-10,13,21,27H,6,11-12H2,(H,26,30)/t21-/m0/s1. The lowest BCUT2D eigenvalue weighted by Crippen LogP contribution is -2.32. The molecule has 1 aromatic heterocycles. The van der Waals surface area contributed by atoms with Crippen molar-refractivity contribution in [2.24, 2.45) is 0 Å². The molecule has 1 aliphatic heterocycles. The lowest BCUT2D eigenvalue weighted by molar-refractivity contribution is -0.116. The summed E-state index contributed by atoms with van der Waals surface area (Å²) in [6, 6.07) is 16.3. The molecule has 2 heterocycles. The van der Waals surface area contributed by atoms with Crippen LogP contribution in [0.4, 0.5) is 11.5 Å². The number of aromatic nitrogens is 2. The van der Waals surface area contributed by atoms with E-state index >= 15 is 0 Å². The highest BCUT2D eigenvalue weighted by atomic mass is 35.5. The van der Waals surface area contributed by atoms with Crippen LogP contribution in [0, 0.1) is 0 Å². The number of fused-ring (bicyclic) bond motifs is 1. The first kappa shape index (κ1) is 18.6. The molecular formula is C23H19ClN4O2. The molecule has 30 heavy (non-hydrogen) atoms. The minimum Gasteiger partial charge on any atom is -0.343 e. The summed E-state index contributed by atoms with van der Waals surface area (Å²) < 4.78 is 1.70. The topological polar surface area (TPSA) is 76.0 Å². The monoisotopic (exact) mass is 418 g/mol. The SMILES string of the molecule is O=C1CCCC2=C1[C@H](c1ccccc1Cl)n1ncc(C(=O)Nc3ccccc3)c1N2. The number of carbonyl (C=O) groups is 2. The van der Waals surface area contributed by atoms with Gasteiger partial charge in [-0.1, -0.05) is 48.0 Å². The van der Waals surface area contributed by atoms with Crippen molar-refractivity contribution >= 4 is 34.8 Å². The molecule has 2 N–H and O–H groups in total. The van der Waals surface area contributed by atoms with Gasteiger partial charge in [0.15, 0.2) is 5.78 Å². The average Bonchev–Trinajstić information content (AvgIpc) is 3.17. The summed E-state index contributed by atoms with van der Waals surface area (Å²) in [6.45, 7) is 0. The van der Waals surface area contributed by atoms with Crippen LogP contribution in [0.1, 0.15) is 41.2 Å². The summed E-state index contributed by atoms with van der Waals surface area (Å²) in [6.07, 6.45) is 3.55. The molecular weight excluding hydrogens is 400 g/mol. The molecule has 5 rings (SSSR count). The molecule has 150 valence electrons. The lowest BCUT2D eigenvalue weighted by atomic mass is 9.85. The lowest BCUT2D eigenvalue weighted by Gasteiger charge is -2.33. The van der Waals surface area contributed by atoms with Crippen molar-refractivity contribution in [1.82, 2.24) is 9.78 Å². The van der Waals surface area contributed by atoms with Crippen LogP contribution in [0.15, 0.2) is 72.1 Å². The maximum Gasteiger partial charge on any atom is 0.261 e. The van der Waals surface area contributed by atoms with Gasteiger partial charge < -0.3 is 10.6 Å². The van der Waals surface area contributed by atoms with Gasteiger partial charge in [-0.15, -0.1) is 0 Å². The Kier molecular flexibility index (Phi) is 4.64. The molecule has 6 nitrogen and oxygen atoms in total. The van der Waals surface area contributed by atoms with Gasteiger partial charge in [0.25, 0.3) is 5.91 Å². The third-order valence-corrected chi connectivity index (χ3v) is 5.86. The molecule has 7 heteroatoms. The van der Waals surface area contributed by atoms with Gasteiger partial charge in [-0.2, -0.15) is 5.10 Å². The maximum absolute atomic E-state index is 13.0. The van der Waals surface area contributed by atoms with Crippen molar-refractivity contribution in [2.45, 2.75) is 25.3 Å². The summed E-state index contributed by atoms with van der Waals surface area (Å²) in [7, 11) is 0. The molecule has 0 radical (unpaired) electrons. The summed E-state index contributed by atoms with van der Waals surface area (Å²) in [5, 5.41) is 11.3. The predicted molar refractivity (Wildman–Crippen MR) is 116 cm³/mol. The summed E-state index contributed by atoms with van der Waals surface area (Å²) in [5.74, 6) is 0.394. The van der Waals surface area contributed by atoms with Crippen LogP contribution in [-0.4, -0.2) is 21.5 Å². The largest absolute Gasteiger partial charge is 0.343 e. The highest BCUT2D eigenvalue weighted by Crippen LogP contribution is 2.43. The van der Waals surface area contributed by atoms with Crippen molar-refractivity contribution in [3.05, 3.63) is 88.2 Å². The Balaban J connectivity index is 1.61. The van der Waals surface area contributed by atoms with Gasteiger partial charge in [0, 0.05) is 28.4 Å². The van der Waals surface area contributed by atoms with Crippen LogP contribution in [0.3, 0.4) is 0 Å². The molecule has 3 aromatic rings. The molecule has 2 aromatic carbocycles. The number of anilines is 2. The molecule has 0 fully saturated rings. The van der Waals surface area contributed by atoms with Gasteiger partial charge in [0.1, 0.15) is 17.4 Å². The fourth-order valence-corrected chi connectivity index (χ4v) is 4.37. The van der Waals surface area contributed by atoms with Crippen LogP contribution < -0.4 is 10.6 Å². The molecule has 0 unspecified atom stereocenters. The van der Waals surface area contributed by atoms with E-state index in [0.717, 1.165) is 24.1 Å². The first-order valence-electron chi connectivity index (χ1n) is 9.85. The van der Waals surface area contributed by atoms with Crippen molar-refractivity contribution in [2.75, 3.05) is 10.6 Å². The van der Waals surface area contributed by atoms with E-state index in [2.05, 4.69) is 15.7 Å². The molecule has 1 aliphatic carbocycles. The van der Waals surface area contributed by atoms with E-state index in [1.54, 1.807) is 10.7 Å². The number of para-hydroxylation sites is 1. The fraction of sp³-hybridized carbons (Fsp3) is 0.174. The molecule has 0 saturated carbocycles. The molecule has 1 atom stereocenters. The number of ketones is 1. The Hall–Kier alpha value is -3.38. The number of hydrogen-bond donors (Lipinski definition) is 2. The van der Waals surface area contributed by atoms with Crippen LogP contribution in [-0.2, 0) is 4.79 Å². The second kappa shape index (κ2) is 7.46.